The Bertz CT molecular complexity index is 1120. The lowest BCUT2D eigenvalue weighted by atomic mass is 10.0. The molecular weight excluding hydrogens is 382 g/mol. The van der Waals surface area contributed by atoms with Crippen LogP contribution in [0.1, 0.15) is 25.3 Å². The minimum atomic E-state index is -0.262. The van der Waals surface area contributed by atoms with E-state index in [0.717, 1.165) is 0 Å². The molecule has 0 radical (unpaired) electrons. The molecule has 152 valence electrons. The van der Waals surface area contributed by atoms with Gasteiger partial charge in [0.25, 0.3) is 11.8 Å². The van der Waals surface area contributed by atoms with E-state index in [1.54, 1.807) is 30.3 Å². The van der Waals surface area contributed by atoms with Gasteiger partial charge in [-0.05, 0) is 53.9 Å². The van der Waals surface area contributed by atoms with Crippen molar-refractivity contribution in [1.82, 2.24) is 10.2 Å². The lowest BCUT2D eigenvalue weighted by Gasteiger charge is -2.10. The summed E-state index contributed by atoms with van der Waals surface area (Å²) >= 11 is 0. The summed E-state index contributed by atoms with van der Waals surface area (Å²) in [5.41, 5.74) is 2.51. The van der Waals surface area contributed by atoms with Crippen LogP contribution in [0.15, 0.2) is 75.8 Å². The van der Waals surface area contributed by atoms with Crippen LogP contribution in [0.5, 0.6) is 5.75 Å². The first-order chi connectivity index (χ1) is 14.6. The summed E-state index contributed by atoms with van der Waals surface area (Å²) in [7, 11) is 0. The third-order valence-corrected chi connectivity index (χ3v) is 4.47. The van der Waals surface area contributed by atoms with Crippen LogP contribution in [0.2, 0.25) is 0 Å². The van der Waals surface area contributed by atoms with Crippen LogP contribution in [0.3, 0.4) is 0 Å². The number of hydrogen-bond donors (Lipinski definition) is 1. The van der Waals surface area contributed by atoms with Crippen LogP contribution in [0.25, 0.3) is 23.1 Å². The number of nitrogens with zero attached hydrogens (tertiary/aromatic N) is 2. The monoisotopic (exact) mass is 403 g/mol. The van der Waals surface area contributed by atoms with E-state index in [4.69, 9.17) is 13.6 Å². The molecule has 0 saturated carbocycles. The normalized spacial score (nSPS) is 10.9. The van der Waals surface area contributed by atoms with E-state index in [-0.39, 0.29) is 12.5 Å². The Morgan fingerprint density at radius 1 is 1.03 bits per heavy atom. The largest absolute Gasteiger partial charge is 0.484 e. The molecule has 30 heavy (non-hydrogen) atoms. The van der Waals surface area contributed by atoms with Gasteiger partial charge in [-0.1, -0.05) is 32.0 Å². The molecule has 2 aromatic heterocycles. The number of ether oxygens (including phenoxy) is 1. The van der Waals surface area contributed by atoms with Gasteiger partial charge in [-0.2, -0.15) is 0 Å². The van der Waals surface area contributed by atoms with Gasteiger partial charge in [0.1, 0.15) is 5.75 Å². The molecule has 0 atom stereocenters. The zero-order valence-electron chi connectivity index (χ0n) is 16.7. The first-order valence-electron chi connectivity index (χ1n) is 9.59. The SMILES string of the molecule is CC(C)c1ccc(OCC(=O)Nc2cccc(-c3nnc(-c4ccco4)o3)c2)cc1. The molecule has 7 nitrogen and oxygen atoms in total. The molecule has 1 amide bonds. The molecule has 0 aliphatic carbocycles. The Morgan fingerprint density at radius 3 is 2.57 bits per heavy atom. The number of carbonyl (C=O) groups excluding carboxylic acids is 1. The van der Waals surface area contributed by atoms with Crippen molar-refractivity contribution < 1.29 is 18.4 Å². The van der Waals surface area contributed by atoms with Gasteiger partial charge >= 0.3 is 0 Å². The molecule has 0 aliphatic rings. The van der Waals surface area contributed by atoms with Crippen molar-refractivity contribution in [3.63, 3.8) is 0 Å². The van der Waals surface area contributed by atoms with Crippen molar-refractivity contribution in [3.8, 4) is 28.9 Å². The highest BCUT2D eigenvalue weighted by Gasteiger charge is 2.13. The predicted octanol–water partition coefficient (Wildman–Crippen LogP) is 5.14. The van der Waals surface area contributed by atoms with Crippen LogP contribution in [0.4, 0.5) is 5.69 Å². The molecular formula is C23H21N3O4. The van der Waals surface area contributed by atoms with E-state index in [1.807, 2.05) is 30.3 Å². The van der Waals surface area contributed by atoms with Gasteiger partial charge in [-0.15, -0.1) is 10.2 Å². The smallest absolute Gasteiger partial charge is 0.283 e. The van der Waals surface area contributed by atoms with E-state index in [9.17, 15) is 4.79 Å². The van der Waals surface area contributed by atoms with Crippen molar-refractivity contribution in [2.45, 2.75) is 19.8 Å². The molecule has 4 aromatic rings. The van der Waals surface area contributed by atoms with Crippen molar-refractivity contribution >= 4 is 11.6 Å². The number of amides is 1. The van der Waals surface area contributed by atoms with Crippen LogP contribution < -0.4 is 10.1 Å². The number of benzene rings is 2. The lowest BCUT2D eigenvalue weighted by Crippen LogP contribution is -2.20. The number of carbonyl (C=O) groups is 1. The van der Waals surface area contributed by atoms with Gasteiger partial charge in [-0.25, -0.2) is 0 Å². The fourth-order valence-corrected chi connectivity index (χ4v) is 2.86. The van der Waals surface area contributed by atoms with Crippen LogP contribution in [0, 0.1) is 0 Å². The predicted molar refractivity (Wildman–Crippen MR) is 112 cm³/mol. The zero-order chi connectivity index (χ0) is 20.9. The second kappa shape index (κ2) is 8.65. The summed E-state index contributed by atoms with van der Waals surface area (Å²) < 4.78 is 16.5. The van der Waals surface area contributed by atoms with Crippen LogP contribution >= 0.6 is 0 Å². The van der Waals surface area contributed by atoms with Gasteiger partial charge in [0.15, 0.2) is 12.4 Å². The van der Waals surface area contributed by atoms with Crippen molar-refractivity contribution in [2.24, 2.45) is 0 Å². The molecule has 0 saturated heterocycles. The second-order valence-electron chi connectivity index (χ2n) is 7.03. The number of furan rings is 1. The first-order valence-corrected chi connectivity index (χ1v) is 9.59. The quantitative estimate of drug-likeness (QED) is 0.460. The third-order valence-electron chi connectivity index (χ3n) is 4.47. The minimum absolute atomic E-state index is 0.0888. The molecule has 7 heteroatoms. The van der Waals surface area contributed by atoms with Crippen LogP contribution in [-0.2, 0) is 4.79 Å². The fourth-order valence-electron chi connectivity index (χ4n) is 2.86. The maximum Gasteiger partial charge on any atom is 0.283 e. The number of nitrogens with one attached hydrogen (secondary N) is 1. The van der Waals surface area contributed by atoms with Gasteiger partial charge in [0.05, 0.1) is 6.26 Å². The highest BCUT2D eigenvalue weighted by Crippen LogP contribution is 2.26. The number of aromatic nitrogens is 2. The van der Waals surface area contributed by atoms with Gasteiger partial charge < -0.3 is 18.9 Å². The highest BCUT2D eigenvalue weighted by atomic mass is 16.5. The summed E-state index contributed by atoms with van der Waals surface area (Å²) in [6, 6.07) is 18.4. The number of rotatable bonds is 7. The average Bonchev–Trinajstić information content (AvgIpc) is 3.44. The van der Waals surface area contributed by atoms with E-state index >= 15 is 0 Å². The van der Waals surface area contributed by atoms with E-state index in [0.29, 0.717) is 40.5 Å². The molecule has 0 spiro atoms. The Labute approximate surface area is 173 Å². The Kier molecular flexibility index (Phi) is 5.61. The molecule has 2 heterocycles. The zero-order valence-corrected chi connectivity index (χ0v) is 16.7. The molecule has 4 rings (SSSR count). The molecule has 0 unspecified atom stereocenters. The summed E-state index contributed by atoms with van der Waals surface area (Å²) in [6.45, 7) is 4.17. The lowest BCUT2D eigenvalue weighted by molar-refractivity contribution is -0.118. The highest BCUT2D eigenvalue weighted by molar-refractivity contribution is 5.92. The molecule has 0 aliphatic heterocycles. The number of hydrogen-bond acceptors (Lipinski definition) is 6. The average molecular weight is 403 g/mol. The van der Waals surface area contributed by atoms with E-state index in [2.05, 4.69) is 29.4 Å². The Balaban J connectivity index is 1.37. The van der Waals surface area contributed by atoms with Crippen molar-refractivity contribution in [1.29, 1.82) is 0 Å². The van der Waals surface area contributed by atoms with Gasteiger partial charge in [0, 0.05) is 11.3 Å². The third kappa shape index (κ3) is 4.57. The molecule has 0 bridgehead atoms. The topological polar surface area (TPSA) is 90.4 Å². The standard InChI is InChI=1S/C23H21N3O4/c1-15(2)16-8-10-19(11-9-16)29-14-21(27)24-18-6-3-5-17(13-18)22-25-26-23(30-22)20-7-4-12-28-20/h3-13,15H,14H2,1-2H3,(H,24,27). The second-order valence-corrected chi connectivity index (χ2v) is 7.03. The van der Waals surface area contributed by atoms with E-state index < -0.39 is 0 Å². The van der Waals surface area contributed by atoms with E-state index in [1.165, 1.54) is 11.8 Å². The fraction of sp³-hybridized carbons (Fsp3) is 0.174. The Hall–Kier alpha value is -3.87. The van der Waals surface area contributed by atoms with Crippen LogP contribution in [-0.4, -0.2) is 22.7 Å². The van der Waals surface area contributed by atoms with Gasteiger partial charge in [-0.3, -0.25) is 4.79 Å². The summed E-state index contributed by atoms with van der Waals surface area (Å²) in [4.78, 5) is 12.3. The van der Waals surface area contributed by atoms with Gasteiger partial charge in [0.2, 0.25) is 5.89 Å². The summed E-state index contributed by atoms with van der Waals surface area (Å²) in [5.74, 6) is 1.96. The maximum absolute atomic E-state index is 12.3. The van der Waals surface area contributed by atoms with Crippen molar-refractivity contribution in [2.75, 3.05) is 11.9 Å². The minimum Gasteiger partial charge on any atom is -0.484 e. The first kappa shape index (κ1) is 19.4. The Morgan fingerprint density at radius 2 is 1.83 bits per heavy atom. The number of anilines is 1. The maximum atomic E-state index is 12.3. The molecule has 2 aromatic carbocycles. The summed E-state index contributed by atoms with van der Waals surface area (Å²) in [5, 5.41) is 10.8. The van der Waals surface area contributed by atoms with Crippen molar-refractivity contribution in [3.05, 3.63) is 72.5 Å². The molecule has 1 N–H and O–H groups in total. The summed E-state index contributed by atoms with van der Waals surface area (Å²) in [6.07, 6.45) is 1.54. The molecule has 0 fully saturated rings.